The summed E-state index contributed by atoms with van der Waals surface area (Å²) in [5.41, 5.74) is 5.62. The fraction of sp³-hybridized carbons (Fsp3) is 0.500. The van der Waals surface area contributed by atoms with Gasteiger partial charge in [0.05, 0.1) is 12.6 Å². The maximum atomic E-state index is 11.5. The maximum Gasteiger partial charge on any atom is 0.246 e. The molecule has 2 amide bonds. The quantitative estimate of drug-likeness (QED) is 0.552. The lowest BCUT2D eigenvalue weighted by Crippen LogP contribution is -2.46. The predicted octanol–water partition coefficient (Wildman–Crippen LogP) is -0.552. The van der Waals surface area contributed by atoms with Gasteiger partial charge in [0.1, 0.15) is 0 Å². The summed E-state index contributed by atoms with van der Waals surface area (Å²) in [6.07, 6.45) is 3.10. The summed E-state index contributed by atoms with van der Waals surface area (Å²) in [7, 11) is 0. The number of nitrogens with one attached hydrogen (secondary N) is 3. The highest BCUT2D eigenvalue weighted by atomic mass is 16.2. The van der Waals surface area contributed by atoms with E-state index in [1.807, 2.05) is 13.8 Å². The number of aromatic amines is 1. The van der Waals surface area contributed by atoms with Crippen molar-refractivity contribution in [1.82, 2.24) is 15.3 Å². The van der Waals surface area contributed by atoms with E-state index < -0.39 is 6.04 Å². The van der Waals surface area contributed by atoms with Crippen molar-refractivity contribution in [3.8, 4) is 0 Å². The summed E-state index contributed by atoms with van der Waals surface area (Å²) >= 11 is 0. The molecule has 1 rings (SSSR count). The smallest absolute Gasteiger partial charge is 0.246 e. The van der Waals surface area contributed by atoms with Crippen LogP contribution in [0, 0.1) is 5.92 Å². The second-order valence-corrected chi connectivity index (χ2v) is 3.97. The Morgan fingerprint density at radius 1 is 1.53 bits per heavy atom. The largest absolute Gasteiger partial charge is 0.346 e. The van der Waals surface area contributed by atoms with Gasteiger partial charge in [-0.1, -0.05) is 13.8 Å². The Balaban J connectivity index is 2.31. The van der Waals surface area contributed by atoms with Gasteiger partial charge in [-0.05, 0) is 5.92 Å². The van der Waals surface area contributed by atoms with Gasteiger partial charge in [0.2, 0.25) is 17.8 Å². The van der Waals surface area contributed by atoms with Crippen LogP contribution in [0.15, 0.2) is 12.4 Å². The van der Waals surface area contributed by atoms with E-state index in [2.05, 4.69) is 20.6 Å². The monoisotopic (exact) mass is 239 g/mol. The number of hydrogen-bond donors (Lipinski definition) is 4. The Morgan fingerprint density at radius 3 is 2.76 bits per heavy atom. The molecule has 0 unspecified atom stereocenters. The Kier molecular flexibility index (Phi) is 4.65. The number of anilines is 1. The first-order valence-electron chi connectivity index (χ1n) is 5.33. The average Bonchev–Trinajstić information content (AvgIpc) is 2.77. The molecule has 7 nitrogen and oxygen atoms in total. The predicted molar refractivity (Wildman–Crippen MR) is 63.0 cm³/mol. The van der Waals surface area contributed by atoms with E-state index in [1.165, 1.54) is 6.20 Å². The molecule has 1 heterocycles. The fourth-order valence-electron chi connectivity index (χ4n) is 1.10. The zero-order valence-corrected chi connectivity index (χ0v) is 9.86. The van der Waals surface area contributed by atoms with Crippen molar-refractivity contribution < 1.29 is 9.59 Å². The van der Waals surface area contributed by atoms with Gasteiger partial charge in [-0.15, -0.1) is 0 Å². The van der Waals surface area contributed by atoms with E-state index in [-0.39, 0.29) is 24.3 Å². The van der Waals surface area contributed by atoms with Gasteiger partial charge in [0.15, 0.2) is 0 Å². The molecule has 0 radical (unpaired) electrons. The highest BCUT2D eigenvalue weighted by Gasteiger charge is 2.17. The molecule has 0 aliphatic carbocycles. The normalized spacial score (nSPS) is 12.2. The molecule has 0 saturated heterocycles. The second-order valence-electron chi connectivity index (χ2n) is 3.97. The first-order valence-corrected chi connectivity index (χ1v) is 5.33. The lowest BCUT2D eigenvalue weighted by molar-refractivity contribution is -0.125. The van der Waals surface area contributed by atoms with Gasteiger partial charge in [-0.25, -0.2) is 4.98 Å². The molecule has 7 heteroatoms. The molecular weight excluding hydrogens is 222 g/mol. The Labute approximate surface area is 99.2 Å². The minimum Gasteiger partial charge on any atom is -0.346 e. The van der Waals surface area contributed by atoms with Crippen LogP contribution < -0.4 is 16.4 Å². The molecule has 0 aromatic carbocycles. The second kappa shape index (κ2) is 6.00. The molecule has 1 atom stereocenters. The molecule has 0 fully saturated rings. The summed E-state index contributed by atoms with van der Waals surface area (Å²) in [6.45, 7) is 3.56. The van der Waals surface area contributed by atoms with Gasteiger partial charge < -0.3 is 16.0 Å². The summed E-state index contributed by atoms with van der Waals surface area (Å²) in [5.74, 6) is -0.320. The zero-order chi connectivity index (χ0) is 12.8. The number of imidazole rings is 1. The number of nitrogens with zero attached hydrogens (tertiary/aromatic N) is 1. The van der Waals surface area contributed by atoms with Crippen LogP contribution in [0.4, 0.5) is 5.95 Å². The number of H-pyrrole nitrogens is 1. The molecule has 5 N–H and O–H groups in total. The maximum absolute atomic E-state index is 11.5. The van der Waals surface area contributed by atoms with Crippen molar-refractivity contribution in [3.05, 3.63) is 12.4 Å². The van der Waals surface area contributed by atoms with Crippen LogP contribution in [0.1, 0.15) is 13.8 Å². The van der Waals surface area contributed by atoms with Crippen LogP contribution in [0.5, 0.6) is 0 Å². The van der Waals surface area contributed by atoms with Gasteiger partial charge in [0.25, 0.3) is 0 Å². The molecule has 1 aromatic heterocycles. The van der Waals surface area contributed by atoms with Crippen LogP contribution in [0.3, 0.4) is 0 Å². The highest BCUT2D eigenvalue weighted by molar-refractivity contribution is 5.94. The summed E-state index contributed by atoms with van der Waals surface area (Å²) in [4.78, 5) is 29.4. The molecule has 0 aliphatic rings. The van der Waals surface area contributed by atoms with E-state index in [4.69, 9.17) is 5.73 Å². The van der Waals surface area contributed by atoms with Gasteiger partial charge in [-0.3, -0.25) is 14.9 Å². The van der Waals surface area contributed by atoms with Crippen LogP contribution >= 0.6 is 0 Å². The van der Waals surface area contributed by atoms with Crippen LogP contribution in [0.25, 0.3) is 0 Å². The number of aromatic nitrogens is 2. The van der Waals surface area contributed by atoms with Crippen molar-refractivity contribution in [2.75, 3.05) is 11.9 Å². The van der Waals surface area contributed by atoms with Crippen molar-refractivity contribution in [2.24, 2.45) is 11.7 Å². The summed E-state index contributed by atoms with van der Waals surface area (Å²) < 4.78 is 0. The third-order valence-electron chi connectivity index (χ3n) is 2.20. The fourth-order valence-corrected chi connectivity index (χ4v) is 1.10. The van der Waals surface area contributed by atoms with E-state index in [0.29, 0.717) is 5.95 Å². The third kappa shape index (κ3) is 4.23. The lowest BCUT2D eigenvalue weighted by Gasteiger charge is -2.14. The van der Waals surface area contributed by atoms with Crippen molar-refractivity contribution in [3.63, 3.8) is 0 Å². The molecule has 1 aromatic rings. The Bertz CT molecular complexity index is 374. The van der Waals surface area contributed by atoms with E-state index >= 15 is 0 Å². The van der Waals surface area contributed by atoms with Gasteiger partial charge in [-0.2, -0.15) is 0 Å². The van der Waals surface area contributed by atoms with Crippen LogP contribution in [-0.2, 0) is 9.59 Å². The van der Waals surface area contributed by atoms with E-state index in [1.54, 1.807) is 6.20 Å². The van der Waals surface area contributed by atoms with Crippen LogP contribution in [0.2, 0.25) is 0 Å². The van der Waals surface area contributed by atoms with E-state index in [9.17, 15) is 9.59 Å². The topological polar surface area (TPSA) is 113 Å². The van der Waals surface area contributed by atoms with Gasteiger partial charge >= 0.3 is 0 Å². The molecular formula is C10H17N5O2. The molecule has 17 heavy (non-hydrogen) atoms. The number of amides is 2. The lowest BCUT2D eigenvalue weighted by atomic mass is 10.1. The number of carbonyl (C=O) groups excluding carboxylic acids is 2. The van der Waals surface area contributed by atoms with Crippen LogP contribution in [-0.4, -0.2) is 34.4 Å². The number of carbonyl (C=O) groups is 2. The minimum absolute atomic E-state index is 0.0307. The molecule has 0 aliphatic heterocycles. The Morgan fingerprint density at radius 2 is 2.24 bits per heavy atom. The highest BCUT2D eigenvalue weighted by Crippen LogP contribution is 1.97. The van der Waals surface area contributed by atoms with Crippen molar-refractivity contribution >= 4 is 17.8 Å². The zero-order valence-electron chi connectivity index (χ0n) is 9.86. The van der Waals surface area contributed by atoms with Gasteiger partial charge in [0, 0.05) is 12.4 Å². The summed E-state index contributed by atoms with van der Waals surface area (Å²) in [5, 5.41) is 4.94. The Hall–Kier alpha value is -1.89. The van der Waals surface area contributed by atoms with Crippen molar-refractivity contribution in [1.29, 1.82) is 0 Å². The molecule has 0 spiro atoms. The first-order chi connectivity index (χ1) is 8.00. The van der Waals surface area contributed by atoms with Crippen molar-refractivity contribution in [2.45, 2.75) is 19.9 Å². The third-order valence-corrected chi connectivity index (χ3v) is 2.20. The molecule has 94 valence electrons. The number of nitrogens with two attached hydrogens (primary N) is 1. The summed E-state index contributed by atoms with van der Waals surface area (Å²) in [6, 6.07) is -0.605. The van der Waals surface area contributed by atoms with E-state index in [0.717, 1.165) is 0 Å². The first kappa shape index (κ1) is 13.2. The number of hydrogen-bond acceptors (Lipinski definition) is 4. The SMILES string of the molecule is CC(C)[C@H](N)C(=O)NCC(=O)Nc1ncc[nH]1. The minimum atomic E-state index is -0.605. The standard InChI is InChI=1S/C10H17N5O2/c1-6(2)8(11)9(17)14-5-7(16)15-10-12-3-4-13-10/h3-4,6,8H,5,11H2,1-2H3,(H,14,17)(H2,12,13,15,16)/t8-/m0/s1. The average molecular weight is 239 g/mol. The number of rotatable bonds is 5. The molecule has 0 saturated carbocycles. The molecule has 0 bridgehead atoms.